The van der Waals surface area contributed by atoms with Crippen LogP contribution in [-0.2, 0) is 15.9 Å². The van der Waals surface area contributed by atoms with E-state index in [0.717, 1.165) is 70.2 Å². The minimum absolute atomic E-state index is 0.366. The number of pyridine rings is 1. The van der Waals surface area contributed by atoms with E-state index in [2.05, 4.69) is 32.3 Å². The zero-order valence-corrected chi connectivity index (χ0v) is 15.8. The molecule has 2 heterocycles. The minimum atomic E-state index is 0.366. The average Bonchev–Trinajstić information content (AvgIpc) is 2.65. The third-order valence-electron chi connectivity index (χ3n) is 4.47. The first kappa shape index (κ1) is 19.7. The molecular weight excluding hydrogens is 316 g/mol. The van der Waals surface area contributed by atoms with Gasteiger partial charge in [-0.1, -0.05) is 6.07 Å². The molecular formula is C19H32N4O2. The number of aliphatic imine (C=N–C) groups is 1. The summed E-state index contributed by atoms with van der Waals surface area (Å²) in [5.74, 6) is 0.984. The van der Waals surface area contributed by atoms with Crippen molar-refractivity contribution in [3.63, 3.8) is 0 Å². The summed E-state index contributed by atoms with van der Waals surface area (Å²) < 4.78 is 11.0. The lowest BCUT2D eigenvalue weighted by atomic mass is 10.1. The number of hydrogen-bond donors (Lipinski definition) is 1. The number of nitrogens with one attached hydrogen (secondary N) is 1. The summed E-state index contributed by atoms with van der Waals surface area (Å²) in [5.41, 5.74) is 2.30. The van der Waals surface area contributed by atoms with Gasteiger partial charge >= 0.3 is 0 Å². The van der Waals surface area contributed by atoms with Crippen LogP contribution in [0.2, 0.25) is 0 Å². The minimum Gasteiger partial charge on any atom is -0.385 e. The number of aryl methyl sites for hydroxylation is 1. The SMILES string of the molecule is CN=C(NCCc1ccc(C)nc1)N1CCC(OCCCOC)CC1. The highest BCUT2D eigenvalue weighted by Crippen LogP contribution is 2.14. The smallest absolute Gasteiger partial charge is 0.193 e. The van der Waals surface area contributed by atoms with Gasteiger partial charge in [0.25, 0.3) is 0 Å². The second-order valence-corrected chi connectivity index (χ2v) is 6.44. The van der Waals surface area contributed by atoms with Crippen LogP contribution in [0.1, 0.15) is 30.5 Å². The third kappa shape index (κ3) is 7.00. The Kier molecular flexibility index (Phi) is 8.69. The molecule has 0 spiro atoms. The van der Waals surface area contributed by atoms with Crippen molar-refractivity contribution in [2.75, 3.05) is 47.0 Å². The number of methoxy groups -OCH3 is 1. The summed E-state index contributed by atoms with van der Waals surface area (Å²) in [6.45, 7) is 6.41. The largest absolute Gasteiger partial charge is 0.385 e. The van der Waals surface area contributed by atoms with Gasteiger partial charge < -0.3 is 19.7 Å². The van der Waals surface area contributed by atoms with E-state index >= 15 is 0 Å². The molecule has 1 aliphatic heterocycles. The van der Waals surface area contributed by atoms with E-state index in [1.54, 1.807) is 7.11 Å². The number of ether oxygens (including phenoxy) is 2. The van der Waals surface area contributed by atoms with Crippen molar-refractivity contribution in [3.8, 4) is 0 Å². The topological polar surface area (TPSA) is 59.0 Å². The monoisotopic (exact) mass is 348 g/mol. The lowest BCUT2D eigenvalue weighted by molar-refractivity contribution is 0.00992. The molecule has 1 aromatic heterocycles. The quantitative estimate of drug-likeness (QED) is 0.442. The summed E-state index contributed by atoms with van der Waals surface area (Å²) in [7, 11) is 3.58. The molecule has 2 rings (SSSR count). The van der Waals surface area contributed by atoms with Crippen molar-refractivity contribution in [3.05, 3.63) is 29.6 Å². The van der Waals surface area contributed by atoms with Crippen LogP contribution >= 0.6 is 0 Å². The maximum absolute atomic E-state index is 5.92. The Labute approximate surface area is 151 Å². The first-order valence-corrected chi connectivity index (χ1v) is 9.20. The molecule has 0 unspecified atom stereocenters. The summed E-state index contributed by atoms with van der Waals surface area (Å²) in [6, 6.07) is 4.20. The molecule has 0 saturated carbocycles. The molecule has 6 heteroatoms. The molecule has 0 amide bonds. The van der Waals surface area contributed by atoms with E-state index in [4.69, 9.17) is 9.47 Å². The second-order valence-electron chi connectivity index (χ2n) is 6.44. The van der Waals surface area contributed by atoms with E-state index in [-0.39, 0.29) is 0 Å². The highest BCUT2D eigenvalue weighted by Gasteiger charge is 2.21. The van der Waals surface area contributed by atoms with Gasteiger partial charge in [-0.2, -0.15) is 0 Å². The van der Waals surface area contributed by atoms with Crippen molar-refractivity contribution in [1.29, 1.82) is 0 Å². The number of likely N-dealkylation sites (tertiary alicyclic amines) is 1. The molecule has 0 bridgehead atoms. The zero-order valence-electron chi connectivity index (χ0n) is 15.8. The zero-order chi connectivity index (χ0) is 17.9. The Morgan fingerprint density at radius 2 is 2.12 bits per heavy atom. The molecule has 0 aliphatic carbocycles. The van der Waals surface area contributed by atoms with Crippen LogP contribution < -0.4 is 5.32 Å². The van der Waals surface area contributed by atoms with Gasteiger partial charge in [0, 0.05) is 58.9 Å². The van der Waals surface area contributed by atoms with E-state index in [1.165, 1.54) is 5.56 Å². The van der Waals surface area contributed by atoms with Gasteiger partial charge in [0.1, 0.15) is 0 Å². The van der Waals surface area contributed by atoms with Crippen LogP contribution in [0.15, 0.2) is 23.3 Å². The van der Waals surface area contributed by atoms with Gasteiger partial charge in [-0.25, -0.2) is 0 Å². The highest BCUT2D eigenvalue weighted by molar-refractivity contribution is 5.79. The third-order valence-corrected chi connectivity index (χ3v) is 4.47. The van der Waals surface area contributed by atoms with E-state index in [0.29, 0.717) is 6.10 Å². The first-order valence-electron chi connectivity index (χ1n) is 9.20. The fraction of sp³-hybridized carbons (Fsp3) is 0.684. The van der Waals surface area contributed by atoms with E-state index < -0.39 is 0 Å². The normalized spacial score (nSPS) is 16.3. The number of piperidine rings is 1. The van der Waals surface area contributed by atoms with Crippen LogP contribution in [0.4, 0.5) is 0 Å². The van der Waals surface area contributed by atoms with Crippen LogP contribution in [-0.4, -0.2) is 69.0 Å². The van der Waals surface area contributed by atoms with Gasteiger partial charge in [0.05, 0.1) is 6.10 Å². The van der Waals surface area contributed by atoms with Crippen molar-refractivity contribution in [2.24, 2.45) is 4.99 Å². The molecule has 25 heavy (non-hydrogen) atoms. The molecule has 1 fully saturated rings. The Balaban J connectivity index is 1.66. The Morgan fingerprint density at radius 1 is 1.32 bits per heavy atom. The molecule has 1 aliphatic rings. The summed E-state index contributed by atoms with van der Waals surface area (Å²) in [6.07, 6.45) is 6.33. The van der Waals surface area contributed by atoms with Crippen molar-refractivity contribution >= 4 is 5.96 Å². The summed E-state index contributed by atoms with van der Waals surface area (Å²) in [5, 5.41) is 3.47. The van der Waals surface area contributed by atoms with Crippen LogP contribution in [0.3, 0.4) is 0 Å². The fourth-order valence-corrected chi connectivity index (χ4v) is 2.98. The van der Waals surface area contributed by atoms with Crippen LogP contribution in [0, 0.1) is 6.92 Å². The Morgan fingerprint density at radius 3 is 2.76 bits per heavy atom. The number of hydrogen-bond acceptors (Lipinski definition) is 4. The van der Waals surface area contributed by atoms with Gasteiger partial charge in [0.2, 0.25) is 0 Å². The van der Waals surface area contributed by atoms with E-state index in [9.17, 15) is 0 Å². The van der Waals surface area contributed by atoms with Crippen molar-refractivity contribution in [1.82, 2.24) is 15.2 Å². The molecule has 1 N–H and O–H groups in total. The Bertz CT molecular complexity index is 511. The molecule has 0 aromatic carbocycles. The molecule has 1 saturated heterocycles. The molecule has 1 aromatic rings. The Hall–Kier alpha value is -1.66. The van der Waals surface area contributed by atoms with Crippen LogP contribution in [0.25, 0.3) is 0 Å². The average molecular weight is 348 g/mol. The standard InChI is InChI=1S/C19H32N4O2/c1-16-5-6-17(15-22-16)7-10-21-19(20-2)23-11-8-18(9-12-23)25-14-4-13-24-3/h5-6,15,18H,4,7-14H2,1-3H3,(H,20,21). The maximum atomic E-state index is 5.92. The van der Waals surface area contributed by atoms with Gasteiger partial charge in [-0.15, -0.1) is 0 Å². The molecule has 6 nitrogen and oxygen atoms in total. The predicted molar refractivity (Wildman–Crippen MR) is 101 cm³/mol. The number of rotatable bonds is 8. The first-order chi connectivity index (χ1) is 12.2. The fourth-order valence-electron chi connectivity index (χ4n) is 2.98. The van der Waals surface area contributed by atoms with Crippen LogP contribution in [0.5, 0.6) is 0 Å². The molecule has 0 atom stereocenters. The molecule has 0 radical (unpaired) electrons. The summed E-state index contributed by atoms with van der Waals surface area (Å²) in [4.78, 5) is 11.1. The number of guanidine groups is 1. The van der Waals surface area contributed by atoms with Gasteiger partial charge in [0.15, 0.2) is 5.96 Å². The lowest BCUT2D eigenvalue weighted by Crippen LogP contribution is -2.47. The number of aromatic nitrogens is 1. The van der Waals surface area contributed by atoms with Gasteiger partial charge in [-0.3, -0.25) is 9.98 Å². The maximum Gasteiger partial charge on any atom is 0.193 e. The van der Waals surface area contributed by atoms with Gasteiger partial charge in [-0.05, 0) is 44.2 Å². The highest BCUT2D eigenvalue weighted by atomic mass is 16.5. The molecule has 140 valence electrons. The summed E-state index contributed by atoms with van der Waals surface area (Å²) >= 11 is 0. The number of nitrogens with zero attached hydrogens (tertiary/aromatic N) is 3. The lowest BCUT2D eigenvalue weighted by Gasteiger charge is -2.34. The van der Waals surface area contributed by atoms with E-state index in [1.807, 2.05) is 20.2 Å². The predicted octanol–water partition coefficient (Wildman–Crippen LogP) is 2.03. The second kappa shape index (κ2) is 11.1. The van der Waals surface area contributed by atoms with Crippen molar-refractivity contribution < 1.29 is 9.47 Å². The van der Waals surface area contributed by atoms with Crippen molar-refractivity contribution in [2.45, 2.75) is 38.7 Å².